The van der Waals surface area contributed by atoms with Crippen LogP contribution < -0.4 is 10.2 Å². The number of nitrogens with one attached hydrogen (secondary N) is 1. The summed E-state index contributed by atoms with van der Waals surface area (Å²) in [5, 5.41) is 11.3. The molecule has 40 heavy (non-hydrogen) atoms. The second kappa shape index (κ2) is 13.0. The lowest BCUT2D eigenvalue weighted by Gasteiger charge is -2.35. The Balaban J connectivity index is 1.83. The van der Waals surface area contributed by atoms with Crippen LogP contribution in [0.4, 0.5) is 23.7 Å². The molecule has 7 nitrogen and oxygen atoms in total. The first-order chi connectivity index (χ1) is 18.7. The summed E-state index contributed by atoms with van der Waals surface area (Å²) in [6.45, 7) is 9.10. The van der Waals surface area contributed by atoms with E-state index in [9.17, 15) is 27.6 Å². The van der Waals surface area contributed by atoms with Crippen molar-refractivity contribution >= 4 is 35.4 Å². The Bertz CT molecular complexity index is 1210. The number of hydrogen-bond donors (Lipinski definition) is 2. The number of rotatable bonds is 12. The minimum absolute atomic E-state index is 0.0172. The van der Waals surface area contributed by atoms with Crippen molar-refractivity contribution < 1.29 is 32.7 Å². The molecule has 1 saturated heterocycles. The summed E-state index contributed by atoms with van der Waals surface area (Å²) in [6.07, 6.45) is 1.42. The molecule has 1 aliphatic rings. The van der Waals surface area contributed by atoms with Gasteiger partial charge in [0.25, 0.3) is 5.91 Å². The van der Waals surface area contributed by atoms with E-state index in [1.54, 1.807) is 40.1 Å². The highest BCUT2D eigenvalue weighted by Gasteiger charge is 2.46. The van der Waals surface area contributed by atoms with Crippen LogP contribution in [0.2, 0.25) is 0 Å². The summed E-state index contributed by atoms with van der Waals surface area (Å²) >= 11 is -0.208. The number of halogens is 3. The molecule has 1 fully saturated rings. The summed E-state index contributed by atoms with van der Waals surface area (Å²) in [6, 6.07) is 12.4. The molecule has 11 heteroatoms. The predicted octanol–water partition coefficient (Wildman–Crippen LogP) is 6.78. The van der Waals surface area contributed by atoms with Crippen molar-refractivity contribution in [3.63, 3.8) is 0 Å². The molecule has 3 amide bonds. The van der Waals surface area contributed by atoms with Gasteiger partial charge < -0.3 is 15.3 Å². The number of benzene rings is 2. The maximum atomic E-state index is 13.8. The number of anilines is 1. The van der Waals surface area contributed by atoms with Gasteiger partial charge in [-0.2, -0.15) is 13.2 Å². The lowest BCUT2D eigenvalue weighted by Crippen LogP contribution is -2.44. The van der Waals surface area contributed by atoms with Gasteiger partial charge in [0.2, 0.25) is 0 Å². The van der Waals surface area contributed by atoms with Crippen LogP contribution in [0.5, 0.6) is 0 Å². The molecule has 0 aliphatic carbocycles. The van der Waals surface area contributed by atoms with Crippen molar-refractivity contribution in [1.29, 1.82) is 0 Å². The third kappa shape index (κ3) is 8.39. The molecule has 0 bridgehead atoms. The van der Waals surface area contributed by atoms with E-state index in [2.05, 4.69) is 26.1 Å². The van der Waals surface area contributed by atoms with Crippen LogP contribution in [0.3, 0.4) is 0 Å². The molecular weight excluding hydrogens is 543 g/mol. The molecule has 2 aromatic rings. The summed E-state index contributed by atoms with van der Waals surface area (Å²) in [5.74, 6) is -0.499. The monoisotopic (exact) mass is 579 g/mol. The molecule has 0 spiro atoms. The Labute approximate surface area is 237 Å². The zero-order chi connectivity index (χ0) is 29.7. The molecule has 0 radical (unpaired) electrons. The summed E-state index contributed by atoms with van der Waals surface area (Å²) in [7, 11) is 0. The number of alkyl halides is 3. The first-order valence-electron chi connectivity index (χ1n) is 13.2. The molecule has 0 aromatic heterocycles. The second-order valence-electron chi connectivity index (χ2n) is 10.9. The Morgan fingerprint density at radius 2 is 1.80 bits per heavy atom. The molecule has 2 unspecified atom stereocenters. The number of carboxylic acid groups (broad SMARTS) is 1. The molecule has 2 aromatic carbocycles. The van der Waals surface area contributed by atoms with E-state index in [1.807, 2.05) is 6.92 Å². The van der Waals surface area contributed by atoms with Crippen LogP contribution in [0, 0.1) is 11.8 Å². The van der Waals surface area contributed by atoms with E-state index in [0.29, 0.717) is 29.6 Å². The van der Waals surface area contributed by atoms with Gasteiger partial charge in [-0.15, -0.1) is 0 Å². The highest BCUT2D eigenvalue weighted by Crippen LogP contribution is 2.41. The maximum Gasteiger partial charge on any atom is 0.446 e. The van der Waals surface area contributed by atoms with E-state index in [4.69, 9.17) is 5.11 Å². The van der Waals surface area contributed by atoms with Gasteiger partial charge in [-0.1, -0.05) is 39.0 Å². The molecular formula is C29H36F3N3O4S. The van der Waals surface area contributed by atoms with Crippen molar-refractivity contribution in [2.24, 2.45) is 11.8 Å². The van der Waals surface area contributed by atoms with Gasteiger partial charge in [-0.25, -0.2) is 4.79 Å². The van der Waals surface area contributed by atoms with Crippen LogP contribution in [0.1, 0.15) is 62.9 Å². The van der Waals surface area contributed by atoms with E-state index in [-0.39, 0.29) is 48.1 Å². The highest BCUT2D eigenvalue weighted by molar-refractivity contribution is 8.00. The van der Waals surface area contributed by atoms with Crippen LogP contribution in [0.15, 0.2) is 53.4 Å². The fourth-order valence-corrected chi connectivity index (χ4v) is 5.19. The highest BCUT2D eigenvalue weighted by atomic mass is 32.2. The number of carboxylic acids is 1. The summed E-state index contributed by atoms with van der Waals surface area (Å²) in [4.78, 5) is 40.1. The Hall–Kier alpha value is -3.21. The number of aliphatic carboxylic acids is 1. The van der Waals surface area contributed by atoms with Gasteiger partial charge in [0.05, 0.1) is 18.5 Å². The largest absolute Gasteiger partial charge is 0.481 e. The van der Waals surface area contributed by atoms with Crippen LogP contribution in [0.25, 0.3) is 0 Å². The third-order valence-electron chi connectivity index (χ3n) is 7.43. The van der Waals surface area contributed by atoms with Crippen molar-refractivity contribution in [2.75, 3.05) is 18.0 Å². The Kier molecular flexibility index (Phi) is 10.2. The maximum absolute atomic E-state index is 13.8. The zero-order valence-electron chi connectivity index (χ0n) is 23.1. The standard InChI is InChI=1S/C29H36F3N3O4S/c1-19(2)20(3)12-14-28(4)18-34(23-6-5-7-24(16-23)40-29(30,31)32)27(39)35(28)17-21-8-10-22(11-9-21)26(38)33-15-13-25(36)37/h5-11,16,19-20H,12-15,17-18H2,1-4H3,(H,33,38)(H,36,37). The minimum Gasteiger partial charge on any atom is -0.481 e. The molecule has 1 heterocycles. The van der Waals surface area contributed by atoms with Crippen LogP contribution in [-0.4, -0.2) is 52.1 Å². The van der Waals surface area contributed by atoms with Gasteiger partial charge in [-0.05, 0) is 79.3 Å². The van der Waals surface area contributed by atoms with Gasteiger partial charge >= 0.3 is 17.5 Å². The fourth-order valence-electron chi connectivity index (χ4n) is 4.59. The zero-order valence-corrected chi connectivity index (χ0v) is 23.9. The number of hydrogen-bond acceptors (Lipinski definition) is 4. The minimum atomic E-state index is -4.43. The molecule has 1 aliphatic heterocycles. The Morgan fingerprint density at radius 1 is 1.12 bits per heavy atom. The molecule has 2 atom stereocenters. The summed E-state index contributed by atoms with van der Waals surface area (Å²) in [5.41, 5.74) is -3.42. The molecule has 218 valence electrons. The second-order valence-corrected chi connectivity index (χ2v) is 12.0. The molecule has 3 rings (SSSR count). The van der Waals surface area contributed by atoms with E-state index in [1.165, 1.54) is 18.2 Å². The lowest BCUT2D eigenvalue weighted by molar-refractivity contribution is -0.136. The van der Waals surface area contributed by atoms with Crippen molar-refractivity contribution in [3.8, 4) is 0 Å². The van der Waals surface area contributed by atoms with Crippen molar-refractivity contribution in [3.05, 3.63) is 59.7 Å². The van der Waals surface area contributed by atoms with E-state index < -0.39 is 17.0 Å². The Morgan fingerprint density at radius 3 is 2.40 bits per heavy atom. The quantitative estimate of drug-likeness (QED) is 0.271. The number of carbonyl (C=O) groups is 3. The SMILES string of the molecule is CC(C)C(C)CCC1(C)CN(c2cccc(SC(F)(F)F)c2)C(=O)N1Cc1ccc(C(=O)NCCC(=O)O)cc1. The normalized spacial score (nSPS) is 18.4. The smallest absolute Gasteiger partial charge is 0.446 e. The number of amides is 3. The first kappa shape index (κ1) is 31.3. The van der Waals surface area contributed by atoms with Gasteiger partial charge in [0.15, 0.2) is 0 Å². The average molecular weight is 580 g/mol. The average Bonchev–Trinajstić information content (AvgIpc) is 3.12. The van der Waals surface area contributed by atoms with Gasteiger partial charge in [0, 0.05) is 29.2 Å². The van der Waals surface area contributed by atoms with Gasteiger partial charge in [0.1, 0.15) is 0 Å². The fraction of sp³-hybridized carbons (Fsp3) is 0.483. The third-order valence-corrected chi connectivity index (χ3v) is 8.15. The van der Waals surface area contributed by atoms with Crippen molar-refractivity contribution in [2.45, 2.75) is 69.4 Å². The van der Waals surface area contributed by atoms with Gasteiger partial charge in [-0.3, -0.25) is 14.5 Å². The summed E-state index contributed by atoms with van der Waals surface area (Å²) < 4.78 is 39.0. The molecule has 2 N–H and O–H groups in total. The van der Waals surface area contributed by atoms with Crippen molar-refractivity contribution in [1.82, 2.24) is 10.2 Å². The van der Waals surface area contributed by atoms with E-state index >= 15 is 0 Å². The van der Waals surface area contributed by atoms with E-state index in [0.717, 1.165) is 18.4 Å². The predicted molar refractivity (Wildman–Crippen MR) is 149 cm³/mol. The number of carbonyl (C=O) groups excluding carboxylic acids is 2. The van der Waals surface area contributed by atoms with Crippen LogP contribution >= 0.6 is 11.8 Å². The first-order valence-corrected chi connectivity index (χ1v) is 14.0. The topological polar surface area (TPSA) is 90.0 Å². The number of nitrogens with zero attached hydrogens (tertiary/aromatic N) is 2. The van der Waals surface area contributed by atoms with Crippen LogP contribution in [-0.2, 0) is 11.3 Å². The molecule has 0 saturated carbocycles. The number of thioether (sulfide) groups is 1. The number of urea groups is 1. The lowest BCUT2D eigenvalue weighted by atomic mass is 9.86.